The predicted molar refractivity (Wildman–Crippen MR) is 40.6 cm³/mol. The molecule has 0 spiro atoms. The van der Waals surface area contributed by atoms with E-state index in [0.29, 0.717) is 6.04 Å². The van der Waals surface area contributed by atoms with E-state index in [9.17, 15) is 0 Å². The smallest absolute Gasteiger partial charge is 0.0267 e. The Balaban J connectivity index is 2.26. The van der Waals surface area contributed by atoms with E-state index in [2.05, 4.69) is 18.7 Å². The van der Waals surface area contributed by atoms with Crippen molar-refractivity contribution in [1.82, 2.24) is 4.90 Å². The summed E-state index contributed by atoms with van der Waals surface area (Å²) in [5.41, 5.74) is 0. The highest BCUT2D eigenvalue weighted by molar-refractivity contribution is 4.67. The zero-order valence-electron chi connectivity index (χ0n) is 7.43. The largest absolute Gasteiger partial charge is 0.301 e. The summed E-state index contributed by atoms with van der Waals surface area (Å²) in [6.07, 6.45) is 2.35. The van der Waals surface area contributed by atoms with Crippen molar-refractivity contribution in [2.75, 3.05) is 13.1 Å². The van der Waals surface area contributed by atoms with Crippen LogP contribution >= 0.6 is 0 Å². The Bertz CT molecular complexity index is 95.4. The molecule has 0 aromatic carbocycles. The fraction of sp³-hybridized carbons (Fsp3) is 1.00. The van der Waals surface area contributed by atoms with Crippen LogP contribution in [0.5, 0.6) is 0 Å². The van der Waals surface area contributed by atoms with Crippen molar-refractivity contribution in [2.24, 2.45) is 0 Å². The average molecular weight is 129 g/mol. The molecule has 1 rings (SSSR count). The Morgan fingerprint density at radius 1 is 1.33 bits per heavy atom. The number of rotatable bonds is 1. The van der Waals surface area contributed by atoms with Crippen LogP contribution in [0.15, 0.2) is 0 Å². The highest BCUT2D eigenvalue weighted by Gasteiger charge is 2.11. The Hall–Kier alpha value is -0.0400. The first-order valence-corrected chi connectivity index (χ1v) is 3.86. The van der Waals surface area contributed by atoms with Crippen LogP contribution in [0.4, 0.5) is 0 Å². The maximum atomic E-state index is 7.48. The van der Waals surface area contributed by atoms with Gasteiger partial charge in [-0.05, 0) is 39.8 Å². The molecule has 54 valence electrons. The van der Waals surface area contributed by atoms with E-state index in [1.54, 1.807) is 0 Å². The molecule has 0 aromatic heterocycles. The maximum absolute atomic E-state index is 7.48. The summed E-state index contributed by atoms with van der Waals surface area (Å²) < 4.78 is 7.48. The van der Waals surface area contributed by atoms with Crippen LogP contribution in [0.1, 0.15) is 34.5 Å². The normalized spacial score (nSPS) is 26.8. The van der Waals surface area contributed by atoms with Crippen LogP contribution < -0.4 is 0 Å². The zero-order chi connectivity index (χ0) is 7.56. The lowest BCUT2D eigenvalue weighted by Gasteiger charge is -2.29. The van der Waals surface area contributed by atoms with Crippen molar-refractivity contribution >= 4 is 0 Å². The van der Waals surface area contributed by atoms with Gasteiger partial charge in [-0.1, -0.05) is 6.40 Å². The Kier molecular flexibility index (Phi) is 2.04. The molecular formula is C8H17N. The lowest BCUT2D eigenvalue weighted by atomic mass is 10.1. The number of hydrogen-bond acceptors (Lipinski definition) is 1. The van der Waals surface area contributed by atoms with Gasteiger partial charge in [0.05, 0.1) is 0 Å². The number of nitrogens with zero attached hydrogens (tertiary/aromatic N) is 1. The van der Waals surface area contributed by atoms with E-state index in [-0.39, 0.29) is 6.40 Å². The SMILES string of the molecule is [3H]C1CCN(C(C)C)CC1. The molecule has 1 heteroatoms. The van der Waals surface area contributed by atoms with Crippen molar-refractivity contribution in [3.05, 3.63) is 0 Å². The van der Waals surface area contributed by atoms with Gasteiger partial charge in [-0.25, -0.2) is 0 Å². The second-order valence-electron chi connectivity index (χ2n) is 3.00. The van der Waals surface area contributed by atoms with Crippen molar-refractivity contribution in [3.8, 4) is 0 Å². The first-order chi connectivity index (χ1) is 4.70. The van der Waals surface area contributed by atoms with Gasteiger partial charge in [-0.15, -0.1) is 0 Å². The fourth-order valence-electron chi connectivity index (χ4n) is 1.29. The van der Waals surface area contributed by atoms with Crippen molar-refractivity contribution < 1.29 is 1.37 Å². The third-order valence-electron chi connectivity index (χ3n) is 1.97. The van der Waals surface area contributed by atoms with Crippen molar-refractivity contribution in [3.63, 3.8) is 0 Å². The molecule has 0 N–H and O–H groups in total. The quantitative estimate of drug-likeness (QED) is 0.522. The lowest BCUT2D eigenvalue weighted by Crippen LogP contribution is -2.35. The molecule has 0 radical (unpaired) electrons. The molecule has 1 aliphatic heterocycles. The first kappa shape index (κ1) is 5.72. The van der Waals surface area contributed by atoms with Gasteiger partial charge in [-0.2, -0.15) is 0 Å². The number of piperidine rings is 1. The maximum Gasteiger partial charge on any atom is 0.0267 e. The van der Waals surface area contributed by atoms with Gasteiger partial charge in [0, 0.05) is 7.41 Å². The molecule has 0 saturated carbocycles. The van der Waals surface area contributed by atoms with Gasteiger partial charge in [0.15, 0.2) is 0 Å². The Labute approximate surface area is 59.5 Å². The average Bonchev–Trinajstić information content (AvgIpc) is 1.88. The van der Waals surface area contributed by atoms with Gasteiger partial charge >= 0.3 is 0 Å². The molecule has 0 unspecified atom stereocenters. The topological polar surface area (TPSA) is 3.24 Å². The minimum atomic E-state index is 0.218. The molecule has 1 saturated heterocycles. The molecule has 1 aliphatic rings. The summed E-state index contributed by atoms with van der Waals surface area (Å²) in [7, 11) is 0. The third-order valence-corrected chi connectivity index (χ3v) is 1.97. The van der Waals surface area contributed by atoms with Gasteiger partial charge in [-0.3, -0.25) is 0 Å². The molecule has 9 heavy (non-hydrogen) atoms. The molecule has 0 amide bonds. The summed E-state index contributed by atoms with van der Waals surface area (Å²) in [4.78, 5) is 2.45. The van der Waals surface area contributed by atoms with Crippen LogP contribution in [0.3, 0.4) is 0 Å². The molecule has 1 nitrogen and oxygen atoms in total. The monoisotopic (exact) mass is 129 g/mol. The molecule has 1 fully saturated rings. The van der Waals surface area contributed by atoms with Crippen molar-refractivity contribution in [1.29, 1.82) is 0 Å². The molecular weight excluding hydrogens is 110 g/mol. The van der Waals surface area contributed by atoms with E-state index < -0.39 is 0 Å². The van der Waals surface area contributed by atoms with Crippen molar-refractivity contribution in [2.45, 2.75) is 39.1 Å². The van der Waals surface area contributed by atoms with E-state index in [1.165, 1.54) is 0 Å². The van der Waals surface area contributed by atoms with E-state index in [1.807, 2.05) is 0 Å². The highest BCUT2D eigenvalue weighted by Crippen LogP contribution is 2.10. The summed E-state index contributed by atoms with van der Waals surface area (Å²) in [6.45, 7) is 6.71. The van der Waals surface area contributed by atoms with E-state index >= 15 is 0 Å². The van der Waals surface area contributed by atoms with Crippen LogP contribution in [0.25, 0.3) is 0 Å². The number of likely N-dealkylation sites (tertiary alicyclic amines) is 1. The fourth-order valence-corrected chi connectivity index (χ4v) is 1.29. The molecule has 0 bridgehead atoms. The minimum Gasteiger partial charge on any atom is -0.301 e. The van der Waals surface area contributed by atoms with Gasteiger partial charge < -0.3 is 4.90 Å². The second kappa shape index (κ2) is 3.21. The minimum absolute atomic E-state index is 0.218. The van der Waals surface area contributed by atoms with E-state index in [0.717, 1.165) is 25.9 Å². The Morgan fingerprint density at radius 3 is 2.33 bits per heavy atom. The lowest BCUT2D eigenvalue weighted by molar-refractivity contribution is 0.185. The summed E-state index contributed by atoms with van der Waals surface area (Å²) in [6, 6.07) is 0.674. The number of hydrogen-bond donors (Lipinski definition) is 0. The van der Waals surface area contributed by atoms with Crippen LogP contribution in [-0.2, 0) is 0 Å². The summed E-state index contributed by atoms with van der Waals surface area (Å²) >= 11 is 0. The molecule has 0 atom stereocenters. The standard InChI is InChI=1S/C8H17N/c1-8(2)9-6-4-3-5-7-9/h8H,3-7H2,1-2H3/i3T. The molecule has 0 aliphatic carbocycles. The van der Waals surface area contributed by atoms with Gasteiger partial charge in [0.2, 0.25) is 0 Å². The van der Waals surface area contributed by atoms with E-state index in [4.69, 9.17) is 1.37 Å². The second-order valence-corrected chi connectivity index (χ2v) is 3.00. The molecule has 1 heterocycles. The van der Waals surface area contributed by atoms with Crippen LogP contribution in [0.2, 0.25) is 0 Å². The third kappa shape index (κ3) is 1.98. The summed E-state index contributed by atoms with van der Waals surface area (Å²) in [5, 5.41) is 0. The van der Waals surface area contributed by atoms with Crippen LogP contribution in [0, 0.1) is 0 Å². The first-order valence-electron chi connectivity index (χ1n) is 4.44. The molecule has 0 aromatic rings. The van der Waals surface area contributed by atoms with Crippen LogP contribution in [-0.4, -0.2) is 24.0 Å². The zero-order valence-corrected chi connectivity index (χ0v) is 6.43. The highest BCUT2D eigenvalue weighted by atomic mass is 15.1. The van der Waals surface area contributed by atoms with Gasteiger partial charge in [0.1, 0.15) is 0 Å². The Morgan fingerprint density at radius 2 is 1.89 bits per heavy atom. The predicted octanol–water partition coefficient (Wildman–Crippen LogP) is 1.88. The summed E-state index contributed by atoms with van der Waals surface area (Å²) in [5.74, 6) is 0. The van der Waals surface area contributed by atoms with Gasteiger partial charge in [0.25, 0.3) is 0 Å².